The van der Waals surface area contributed by atoms with Crippen LogP contribution in [0.25, 0.3) is 22.5 Å². The molecule has 0 aromatic carbocycles. The Morgan fingerprint density at radius 1 is 1.33 bits per heavy atom. The number of rotatable bonds is 2. The molecule has 0 atom stereocenters. The monoisotopic (exact) mass is 369 g/mol. The van der Waals surface area contributed by atoms with E-state index in [9.17, 15) is 0 Å². The fourth-order valence-electron chi connectivity index (χ4n) is 1.72. The standard InChI is InChI=1S/C12H8IN3OS/c13-9-4-8(6-18-9)11-10(12(14)16-17-11)7-2-1-3-15-5-7/h1-6H,(H2,14,16). The maximum atomic E-state index is 5.89. The van der Waals surface area contributed by atoms with Crippen molar-refractivity contribution in [2.24, 2.45) is 0 Å². The highest BCUT2D eigenvalue weighted by Crippen LogP contribution is 2.37. The van der Waals surface area contributed by atoms with Crippen molar-refractivity contribution in [1.82, 2.24) is 10.1 Å². The second kappa shape index (κ2) is 4.69. The zero-order chi connectivity index (χ0) is 12.5. The van der Waals surface area contributed by atoms with Gasteiger partial charge < -0.3 is 10.3 Å². The molecule has 0 saturated carbocycles. The molecule has 3 aromatic rings. The Balaban J connectivity index is 2.18. The van der Waals surface area contributed by atoms with Gasteiger partial charge in [0.2, 0.25) is 0 Å². The molecule has 0 aliphatic heterocycles. The zero-order valence-corrected chi connectivity index (χ0v) is 12.1. The highest BCUT2D eigenvalue weighted by atomic mass is 127. The van der Waals surface area contributed by atoms with Gasteiger partial charge in [0.1, 0.15) is 0 Å². The lowest BCUT2D eigenvalue weighted by Gasteiger charge is -1.99. The molecule has 3 heterocycles. The largest absolute Gasteiger partial charge is 0.380 e. The first-order valence-corrected chi connectivity index (χ1v) is 7.11. The third-order valence-electron chi connectivity index (χ3n) is 2.50. The van der Waals surface area contributed by atoms with Crippen LogP contribution >= 0.6 is 33.9 Å². The summed E-state index contributed by atoms with van der Waals surface area (Å²) in [4.78, 5) is 4.10. The van der Waals surface area contributed by atoms with Crippen LogP contribution in [-0.2, 0) is 0 Å². The second-order valence-electron chi connectivity index (χ2n) is 3.65. The van der Waals surface area contributed by atoms with Crippen molar-refractivity contribution in [2.45, 2.75) is 0 Å². The number of nitrogens with two attached hydrogens (primary N) is 1. The smallest absolute Gasteiger partial charge is 0.177 e. The van der Waals surface area contributed by atoms with Crippen molar-refractivity contribution in [2.75, 3.05) is 5.73 Å². The highest BCUT2D eigenvalue weighted by molar-refractivity contribution is 14.1. The molecule has 0 bridgehead atoms. The van der Waals surface area contributed by atoms with Crippen molar-refractivity contribution >= 4 is 39.7 Å². The Labute approximate surface area is 121 Å². The summed E-state index contributed by atoms with van der Waals surface area (Å²) >= 11 is 3.93. The van der Waals surface area contributed by atoms with Crippen LogP contribution in [0.4, 0.5) is 5.82 Å². The molecule has 0 saturated heterocycles. The lowest BCUT2D eigenvalue weighted by atomic mass is 10.1. The van der Waals surface area contributed by atoms with Gasteiger partial charge in [-0.25, -0.2) is 0 Å². The first-order chi connectivity index (χ1) is 8.75. The third kappa shape index (κ3) is 2.01. The molecule has 0 unspecified atom stereocenters. The molecule has 0 amide bonds. The summed E-state index contributed by atoms with van der Waals surface area (Å²) in [5, 5.41) is 5.89. The Bertz CT molecular complexity index is 678. The average Bonchev–Trinajstić information content (AvgIpc) is 2.96. The molecule has 0 radical (unpaired) electrons. The lowest BCUT2D eigenvalue weighted by Crippen LogP contribution is -1.88. The number of anilines is 1. The number of aromatic nitrogens is 2. The molecule has 0 fully saturated rings. The minimum Gasteiger partial charge on any atom is -0.380 e. The van der Waals surface area contributed by atoms with Gasteiger partial charge in [0.25, 0.3) is 0 Å². The first-order valence-electron chi connectivity index (χ1n) is 5.15. The van der Waals surface area contributed by atoms with Crippen LogP contribution in [-0.4, -0.2) is 10.1 Å². The van der Waals surface area contributed by atoms with Crippen molar-refractivity contribution in [1.29, 1.82) is 0 Å². The minimum absolute atomic E-state index is 0.388. The first kappa shape index (κ1) is 11.7. The molecule has 3 aromatic heterocycles. The Morgan fingerprint density at radius 3 is 2.89 bits per heavy atom. The number of hydrogen-bond acceptors (Lipinski definition) is 5. The predicted molar refractivity (Wildman–Crippen MR) is 80.2 cm³/mol. The summed E-state index contributed by atoms with van der Waals surface area (Å²) in [6.07, 6.45) is 3.48. The van der Waals surface area contributed by atoms with Gasteiger partial charge in [-0.15, -0.1) is 11.3 Å². The van der Waals surface area contributed by atoms with Crippen molar-refractivity contribution in [3.8, 4) is 22.5 Å². The van der Waals surface area contributed by atoms with E-state index in [0.29, 0.717) is 11.6 Å². The molecule has 0 aliphatic carbocycles. The van der Waals surface area contributed by atoms with Gasteiger partial charge in [-0.1, -0.05) is 11.2 Å². The summed E-state index contributed by atoms with van der Waals surface area (Å²) in [7, 11) is 0. The molecule has 2 N–H and O–H groups in total. The number of pyridine rings is 1. The van der Waals surface area contributed by atoms with Crippen molar-refractivity contribution < 1.29 is 4.52 Å². The minimum atomic E-state index is 0.388. The fourth-order valence-corrected chi connectivity index (χ4v) is 3.04. The molecule has 0 aliphatic rings. The number of hydrogen-bond donors (Lipinski definition) is 1. The summed E-state index contributed by atoms with van der Waals surface area (Å²) in [6, 6.07) is 5.85. The van der Waals surface area contributed by atoms with Gasteiger partial charge in [-0.2, -0.15) is 0 Å². The maximum absolute atomic E-state index is 5.89. The molecular formula is C12H8IN3OS. The van der Waals surface area contributed by atoms with Crippen LogP contribution in [0.1, 0.15) is 0 Å². The summed E-state index contributed by atoms with van der Waals surface area (Å²) in [5.74, 6) is 1.08. The Morgan fingerprint density at radius 2 is 2.22 bits per heavy atom. The molecule has 0 spiro atoms. The van der Waals surface area contributed by atoms with Gasteiger partial charge in [-0.3, -0.25) is 4.98 Å². The number of halogens is 1. The highest BCUT2D eigenvalue weighted by Gasteiger charge is 2.18. The van der Waals surface area contributed by atoms with Gasteiger partial charge in [-0.05, 0) is 34.7 Å². The number of thiophene rings is 1. The summed E-state index contributed by atoms with van der Waals surface area (Å²) in [5.41, 5.74) is 8.59. The molecule has 90 valence electrons. The molecule has 18 heavy (non-hydrogen) atoms. The van der Waals surface area contributed by atoms with Crippen LogP contribution < -0.4 is 5.73 Å². The number of nitrogens with zero attached hydrogens (tertiary/aromatic N) is 2. The maximum Gasteiger partial charge on any atom is 0.177 e. The molecular weight excluding hydrogens is 361 g/mol. The lowest BCUT2D eigenvalue weighted by molar-refractivity contribution is 0.436. The van der Waals surface area contributed by atoms with Crippen molar-refractivity contribution in [3.05, 3.63) is 38.9 Å². The van der Waals surface area contributed by atoms with Crippen LogP contribution in [0.3, 0.4) is 0 Å². The third-order valence-corrected chi connectivity index (χ3v) is 4.29. The topological polar surface area (TPSA) is 64.9 Å². The van der Waals surface area contributed by atoms with Crippen LogP contribution in [0, 0.1) is 2.88 Å². The number of nitrogen functional groups attached to an aromatic ring is 1. The van der Waals surface area contributed by atoms with E-state index in [1.807, 2.05) is 23.6 Å². The molecule has 4 nitrogen and oxygen atoms in total. The van der Waals surface area contributed by atoms with E-state index in [-0.39, 0.29) is 0 Å². The van der Waals surface area contributed by atoms with Crippen LogP contribution in [0.15, 0.2) is 40.5 Å². The van der Waals surface area contributed by atoms with E-state index in [0.717, 1.165) is 16.7 Å². The SMILES string of the molecule is Nc1noc(-c2csc(I)c2)c1-c1cccnc1. The fraction of sp³-hybridized carbons (Fsp3) is 0. The summed E-state index contributed by atoms with van der Waals surface area (Å²) < 4.78 is 6.54. The van der Waals surface area contributed by atoms with E-state index in [1.54, 1.807) is 23.7 Å². The predicted octanol–water partition coefficient (Wildman–Crippen LogP) is 3.65. The zero-order valence-electron chi connectivity index (χ0n) is 9.13. The van der Waals surface area contributed by atoms with E-state index in [4.69, 9.17) is 10.3 Å². The molecule has 3 rings (SSSR count). The van der Waals surface area contributed by atoms with Gasteiger partial charge >= 0.3 is 0 Å². The molecule has 6 heteroatoms. The summed E-state index contributed by atoms with van der Waals surface area (Å²) in [6.45, 7) is 0. The van der Waals surface area contributed by atoms with Crippen LogP contribution in [0.2, 0.25) is 0 Å². The van der Waals surface area contributed by atoms with E-state index in [1.165, 1.54) is 2.88 Å². The Kier molecular flexibility index (Phi) is 3.04. The van der Waals surface area contributed by atoms with E-state index < -0.39 is 0 Å². The van der Waals surface area contributed by atoms with E-state index in [2.05, 4.69) is 32.7 Å². The van der Waals surface area contributed by atoms with E-state index >= 15 is 0 Å². The normalized spacial score (nSPS) is 10.7. The van der Waals surface area contributed by atoms with Crippen LogP contribution in [0.5, 0.6) is 0 Å². The van der Waals surface area contributed by atoms with Gasteiger partial charge in [0.05, 0.1) is 8.45 Å². The quantitative estimate of drug-likeness (QED) is 0.701. The second-order valence-corrected chi connectivity index (χ2v) is 6.46. The van der Waals surface area contributed by atoms with Gasteiger partial charge in [0, 0.05) is 28.9 Å². The van der Waals surface area contributed by atoms with Gasteiger partial charge in [0.15, 0.2) is 11.6 Å². The Hall–Kier alpha value is -1.41. The van der Waals surface area contributed by atoms with Crippen molar-refractivity contribution in [3.63, 3.8) is 0 Å². The average molecular weight is 369 g/mol.